The monoisotopic (exact) mass is 363 g/mol. The van der Waals surface area contributed by atoms with Gasteiger partial charge in [0.1, 0.15) is 0 Å². The maximum Gasteiger partial charge on any atom is 0.274 e. The lowest BCUT2D eigenvalue weighted by molar-refractivity contribution is 0.0943. The van der Waals surface area contributed by atoms with Crippen LogP contribution in [0.3, 0.4) is 0 Å². The lowest BCUT2D eigenvalue weighted by Gasteiger charge is -2.13. The van der Waals surface area contributed by atoms with E-state index in [0.717, 1.165) is 23.4 Å². The molecule has 0 atom stereocenters. The van der Waals surface area contributed by atoms with Crippen molar-refractivity contribution in [3.63, 3.8) is 0 Å². The van der Waals surface area contributed by atoms with Gasteiger partial charge in [0.2, 0.25) is 0 Å². The van der Waals surface area contributed by atoms with E-state index in [1.54, 1.807) is 24.3 Å². The third-order valence-electron chi connectivity index (χ3n) is 4.56. The zero-order valence-corrected chi connectivity index (χ0v) is 14.7. The number of nitrogens with one attached hydrogen (secondary N) is 1. The maximum absolute atomic E-state index is 12.6. The van der Waals surface area contributed by atoms with E-state index in [1.807, 2.05) is 11.7 Å². The van der Waals surface area contributed by atoms with Crippen LogP contribution < -0.4 is 5.32 Å². The highest BCUT2D eigenvalue weighted by atomic mass is 16.5. The number of carbonyl (C=O) groups excluding carboxylic acids is 1. The molecule has 8 heteroatoms. The molecule has 3 heterocycles. The summed E-state index contributed by atoms with van der Waals surface area (Å²) in [5, 5.41) is 16.2. The molecule has 1 N–H and O–H groups in total. The van der Waals surface area contributed by atoms with Gasteiger partial charge in [-0.15, -0.1) is 0 Å². The van der Waals surface area contributed by atoms with Crippen LogP contribution in [-0.4, -0.2) is 27.3 Å². The second-order valence-corrected chi connectivity index (χ2v) is 6.20. The second kappa shape index (κ2) is 7.05. The fourth-order valence-electron chi connectivity index (χ4n) is 3.18. The van der Waals surface area contributed by atoms with Gasteiger partial charge in [-0.1, -0.05) is 0 Å². The Balaban J connectivity index is 1.52. The van der Waals surface area contributed by atoms with Gasteiger partial charge in [0, 0.05) is 30.3 Å². The summed E-state index contributed by atoms with van der Waals surface area (Å²) in [7, 11) is 1.90. The van der Waals surface area contributed by atoms with Crippen LogP contribution in [0.25, 0.3) is 11.3 Å². The quantitative estimate of drug-likeness (QED) is 0.759. The summed E-state index contributed by atoms with van der Waals surface area (Å²) in [5.41, 5.74) is 4.39. The van der Waals surface area contributed by atoms with E-state index in [0.29, 0.717) is 30.1 Å². The van der Waals surface area contributed by atoms with Gasteiger partial charge in [0.25, 0.3) is 5.91 Å². The van der Waals surface area contributed by atoms with Gasteiger partial charge in [0.05, 0.1) is 37.1 Å². The number of aromatic nitrogens is 3. The molecule has 0 saturated heterocycles. The van der Waals surface area contributed by atoms with Crippen molar-refractivity contribution in [3.8, 4) is 17.4 Å². The molecule has 8 nitrogen and oxygen atoms in total. The lowest BCUT2D eigenvalue weighted by atomic mass is 10.1. The lowest BCUT2D eigenvalue weighted by Crippen LogP contribution is -2.24. The molecule has 0 radical (unpaired) electrons. The third-order valence-corrected chi connectivity index (χ3v) is 4.56. The van der Waals surface area contributed by atoms with Crippen molar-refractivity contribution < 1.29 is 13.9 Å². The van der Waals surface area contributed by atoms with Crippen LogP contribution in [0.5, 0.6) is 0 Å². The Labute approximate surface area is 155 Å². The number of amides is 1. The number of hydrogen-bond acceptors (Lipinski definition) is 6. The number of carbonyl (C=O) groups is 1. The number of hydrogen-bond donors (Lipinski definition) is 1. The summed E-state index contributed by atoms with van der Waals surface area (Å²) >= 11 is 0. The summed E-state index contributed by atoms with van der Waals surface area (Å²) < 4.78 is 12.8. The van der Waals surface area contributed by atoms with Crippen LogP contribution in [-0.2, 0) is 31.4 Å². The molecule has 3 aromatic rings. The fraction of sp³-hybridized carbons (Fsp3) is 0.263. The molecule has 1 amide bonds. The van der Waals surface area contributed by atoms with Gasteiger partial charge in [-0.2, -0.15) is 10.4 Å². The highest BCUT2D eigenvalue weighted by molar-refractivity contribution is 5.97. The van der Waals surface area contributed by atoms with Crippen LogP contribution in [0.4, 0.5) is 0 Å². The molecule has 1 aliphatic heterocycles. The van der Waals surface area contributed by atoms with E-state index in [2.05, 4.69) is 21.5 Å². The molecule has 136 valence electrons. The van der Waals surface area contributed by atoms with Crippen molar-refractivity contribution in [1.82, 2.24) is 20.1 Å². The SMILES string of the molecule is Cn1nc(CNC(=O)c2ncoc2-c2ccc(C#N)cc2)c2c1CCOC2. The topological polar surface area (TPSA) is 106 Å². The third kappa shape index (κ3) is 3.20. The van der Waals surface area contributed by atoms with E-state index >= 15 is 0 Å². The van der Waals surface area contributed by atoms with Gasteiger partial charge in [0.15, 0.2) is 17.8 Å². The number of nitrogens with zero attached hydrogens (tertiary/aromatic N) is 4. The van der Waals surface area contributed by atoms with Crippen LogP contribution in [0.2, 0.25) is 0 Å². The molecule has 0 aliphatic carbocycles. The first kappa shape index (κ1) is 17.0. The van der Waals surface area contributed by atoms with Crippen LogP contribution in [0.1, 0.15) is 33.0 Å². The number of benzene rings is 1. The Bertz CT molecular complexity index is 1030. The minimum Gasteiger partial charge on any atom is -0.443 e. The summed E-state index contributed by atoms with van der Waals surface area (Å²) in [6, 6.07) is 8.84. The smallest absolute Gasteiger partial charge is 0.274 e. The largest absolute Gasteiger partial charge is 0.443 e. The standard InChI is InChI=1S/C19H17N5O3/c1-24-16-6-7-26-10-14(16)15(23-24)9-21-19(25)17-18(27-11-22-17)13-4-2-12(8-20)3-5-13/h2-5,11H,6-7,9-10H2,1H3,(H,21,25). The molecule has 0 spiro atoms. The predicted molar refractivity (Wildman–Crippen MR) is 94.4 cm³/mol. The summed E-state index contributed by atoms with van der Waals surface area (Å²) in [6.45, 7) is 1.48. The molecule has 27 heavy (non-hydrogen) atoms. The molecule has 0 fully saturated rings. The maximum atomic E-state index is 12.6. The Morgan fingerprint density at radius 1 is 1.37 bits per heavy atom. The Morgan fingerprint density at radius 3 is 2.96 bits per heavy atom. The Hall–Kier alpha value is -3.44. The molecule has 2 aromatic heterocycles. The van der Waals surface area contributed by atoms with E-state index < -0.39 is 0 Å². The van der Waals surface area contributed by atoms with Crippen molar-refractivity contribution in [3.05, 3.63) is 58.9 Å². The minimum atomic E-state index is -0.348. The number of oxazole rings is 1. The van der Waals surface area contributed by atoms with Crippen LogP contribution in [0.15, 0.2) is 35.1 Å². The summed E-state index contributed by atoms with van der Waals surface area (Å²) in [6.07, 6.45) is 2.05. The Kier molecular flexibility index (Phi) is 4.44. The van der Waals surface area contributed by atoms with Crippen LogP contribution >= 0.6 is 0 Å². The molecular formula is C19H17N5O3. The van der Waals surface area contributed by atoms with Gasteiger partial charge < -0.3 is 14.5 Å². The molecule has 0 unspecified atom stereocenters. The van der Waals surface area contributed by atoms with Gasteiger partial charge in [-0.05, 0) is 24.3 Å². The molecule has 0 bridgehead atoms. The van der Waals surface area contributed by atoms with Crippen LogP contribution in [0, 0.1) is 11.3 Å². The average Bonchev–Trinajstić information content (AvgIpc) is 3.32. The number of nitriles is 1. The van der Waals surface area contributed by atoms with E-state index in [9.17, 15) is 4.79 Å². The van der Waals surface area contributed by atoms with Crippen molar-refractivity contribution in [2.75, 3.05) is 6.61 Å². The molecule has 1 aromatic carbocycles. The zero-order valence-electron chi connectivity index (χ0n) is 14.7. The summed E-state index contributed by atoms with van der Waals surface area (Å²) in [4.78, 5) is 16.7. The van der Waals surface area contributed by atoms with Crippen molar-refractivity contribution >= 4 is 5.91 Å². The molecular weight excluding hydrogens is 346 g/mol. The number of fused-ring (bicyclic) bond motifs is 1. The Morgan fingerprint density at radius 2 is 2.19 bits per heavy atom. The number of ether oxygens (including phenoxy) is 1. The van der Waals surface area contributed by atoms with Crippen molar-refractivity contribution in [1.29, 1.82) is 5.26 Å². The second-order valence-electron chi connectivity index (χ2n) is 6.20. The number of aryl methyl sites for hydroxylation is 1. The molecule has 1 aliphatic rings. The highest BCUT2D eigenvalue weighted by Crippen LogP contribution is 2.24. The van der Waals surface area contributed by atoms with Crippen molar-refractivity contribution in [2.45, 2.75) is 19.6 Å². The summed E-state index contributed by atoms with van der Waals surface area (Å²) in [5.74, 6) is 0.0163. The first-order valence-corrected chi connectivity index (χ1v) is 8.51. The first-order chi connectivity index (χ1) is 13.2. The zero-order chi connectivity index (χ0) is 18.8. The normalized spacial score (nSPS) is 13.0. The minimum absolute atomic E-state index is 0.195. The van der Waals surface area contributed by atoms with E-state index in [-0.39, 0.29) is 18.1 Å². The van der Waals surface area contributed by atoms with Crippen molar-refractivity contribution in [2.24, 2.45) is 7.05 Å². The van der Waals surface area contributed by atoms with E-state index in [1.165, 1.54) is 6.39 Å². The van der Waals surface area contributed by atoms with Gasteiger partial charge in [-0.3, -0.25) is 9.48 Å². The average molecular weight is 363 g/mol. The predicted octanol–water partition coefficient (Wildman–Crippen LogP) is 1.95. The number of rotatable bonds is 4. The van der Waals surface area contributed by atoms with E-state index in [4.69, 9.17) is 14.4 Å². The fourth-order valence-corrected chi connectivity index (χ4v) is 3.18. The highest BCUT2D eigenvalue weighted by Gasteiger charge is 2.22. The molecule has 0 saturated carbocycles. The van der Waals surface area contributed by atoms with Gasteiger partial charge >= 0.3 is 0 Å². The first-order valence-electron chi connectivity index (χ1n) is 8.51. The van der Waals surface area contributed by atoms with Gasteiger partial charge in [-0.25, -0.2) is 4.98 Å². The molecule has 4 rings (SSSR count).